The molecule has 5 aliphatic rings. The number of alkyl halides is 3. The monoisotopic (exact) mass is 612 g/mol. The molecule has 1 spiro atoms. The molecule has 1 aromatic carbocycles. The van der Waals surface area contributed by atoms with Crippen LogP contribution in [0.5, 0.6) is 0 Å². The maximum atomic E-state index is 14.0. The molecule has 0 aromatic heterocycles. The van der Waals surface area contributed by atoms with Gasteiger partial charge in [0.15, 0.2) is 0 Å². The maximum absolute atomic E-state index is 14.0. The van der Waals surface area contributed by atoms with E-state index in [1.165, 1.54) is 4.90 Å². The van der Waals surface area contributed by atoms with Crippen molar-refractivity contribution in [2.45, 2.75) is 74.3 Å². The molecule has 3 unspecified atom stereocenters. The van der Waals surface area contributed by atoms with Crippen molar-refractivity contribution in [3.8, 4) is 0 Å². The molecule has 212 valence electrons. The van der Waals surface area contributed by atoms with Crippen LogP contribution in [0.3, 0.4) is 0 Å². The number of hydrogen-bond acceptors (Lipinski definition) is 6. The Kier molecular flexibility index (Phi) is 6.92. The Labute approximate surface area is 232 Å². The normalized spacial score (nSPS) is 30.2. The van der Waals surface area contributed by atoms with E-state index in [1.807, 2.05) is 11.0 Å². The predicted octanol–water partition coefficient (Wildman–Crippen LogP) is 1.81. The first kappa shape index (κ1) is 27.0. The second-order valence-corrected chi connectivity index (χ2v) is 12.1. The van der Waals surface area contributed by atoms with E-state index >= 15 is 0 Å². The lowest BCUT2D eigenvalue weighted by molar-refractivity contribution is -0.182. The standard InChI is InChI=1S/C26H32BrF3N6O3/c27-15-3-1-4-19-22(15)25(24(39)36(19)14-21(37)35-10-2-5-20(35)26(28,29)30)8-11-34(12-9-25)23(38)17-7-6-16-18(32-17)13-31-33-16/h1,3-4,16-18,20,31-33H,2,5-14H2/t16?,17?,18?,20-/m0/s1. The molecule has 3 amide bonds. The first-order valence-corrected chi connectivity index (χ1v) is 14.4. The summed E-state index contributed by atoms with van der Waals surface area (Å²) in [6.45, 7) is 1.13. The minimum absolute atomic E-state index is 0.0293. The number of fused-ring (bicyclic) bond motifs is 3. The topological polar surface area (TPSA) is 97.0 Å². The lowest BCUT2D eigenvalue weighted by Crippen LogP contribution is -2.59. The summed E-state index contributed by atoms with van der Waals surface area (Å²) in [6.07, 6.45) is -1.94. The van der Waals surface area contributed by atoms with Crippen LogP contribution in [0.15, 0.2) is 22.7 Å². The Morgan fingerprint density at radius 3 is 2.59 bits per heavy atom. The molecular formula is C26H32BrF3N6O3. The number of rotatable bonds is 3. The fraction of sp³-hybridized carbons (Fsp3) is 0.654. The first-order chi connectivity index (χ1) is 18.6. The van der Waals surface area contributed by atoms with Gasteiger partial charge >= 0.3 is 6.18 Å². The van der Waals surface area contributed by atoms with Crippen LogP contribution in [0.25, 0.3) is 0 Å². The molecule has 0 radical (unpaired) electrons. The summed E-state index contributed by atoms with van der Waals surface area (Å²) in [7, 11) is 0. The molecule has 1 aromatic rings. The molecule has 3 N–H and O–H groups in total. The highest BCUT2D eigenvalue weighted by Crippen LogP contribution is 2.51. The van der Waals surface area contributed by atoms with Gasteiger partial charge < -0.3 is 20.0 Å². The zero-order valence-electron chi connectivity index (χ0n) is 21.4. The average molecular weight is 613 g/mol. The summed E-state index contributed by atoms with van der Waals surface area (Å²) in [5.74, 6) is -0.946. The van der Waals surface area contributed by atoms with E-state index in [4.69, 9.17) is 0 Å². The Balaban J connectivity index is 1.19. The lowest BCUT2D eigenvalue weighted by atomic mass is 9.73. The van der Waals surface area contributed by atoms with Crippen LogP contribution in [-0.2, 0) is 19.8 Å². The van der Waals surface area contributed by atoms with Crippen LogP contribution < -0.4 is 21.1 Å². The highest BCUT2D eigenvalue weighted by Gasteiger charge is 2.55. The minimum Gasteiger partial charge on any atom is -0.341 e. The second kappa shape index (κ2) is 10.0. The van der Waals surface area contributed by atoms with Gasteiger partial charge in [-0.15, -0.1) is 0 Å². The summed E-state index contributed by atoms with van der Waals surface area (Å²) >= 11 is 3.59. The number of likely N-dealkylation sites (tertiary alicyclic amines) is 2. The SMILES string of the molecule is O=C(C1CCC2NNCC2N1)N1CCC2(CC1)C(=O)N(CC(=O)N1CCC[C@H]1C(F)(F)F)c1cccc(Br)c12. The van der Waals surface area contributed by atoms with Crippen LogP contribution in [0.4, 0.5) is 18.9 Å². The van der Waals surface area contributed by atoms with Gasteiger partial charge in [-0.05, 0) is 50.7 Å². The molecule has 13 heteroatoms. The molecule has 9 nitrogen and oxygen atoms in total. The molecular weight excluding hydrogens is 581 g/mol. The van der Waals surface area contributed by atoms with Crippen molar-refractivity contribution in [2.24, 2.45) is 0 Å². The molecule has 6 rings (SSSR count). The number of piperidine rings is 2. The van der Waals surface area contributed by atoms with Gasteiger partial charge in [0, 0.05) is 54.0 Å². The van der Waals surface area contributed by atoms with E-state index < -0.39 is 30.1 Å². The molecule has 4 atom stereocenters. The van der Waals surface area contributed by atoms with Gasteiger partial charge in [-0.3, -0.25) is 25.2 Å². The van der Waals surface area contributed by atoms with E-state index in [1.54, 1.807) is 12.1 Å². The summed E-state index contributed by atoms with van der Waals surface area (Å²) in [4.78, 5) is 44.5. The van der Waals surface area contributed by atoms with E-state index in [-0.39, 0.29) is 43.3 Å². The number of benzene rings is 1. The average Bonchev–Trinajstić information content (AvgIpc) is 3.64. The van der Waals surface area contributed by atoms with Gasteiger partial charge in [-0.25, -0.2) is 0 Å². The van der Waals surface area contributed by atoms with Crippen molar-refractivity contribution < 1.29 is 27.6 Å². The van der Waals surface area contributed by atoms with Crippen LogP contribution in [0.2, 0.25) is 0 Å². The van der Waals surface area contributed by atoms with Gasteiger partial charge in [-0.1, -0.05) is 22.0 Å². The summed E-state index contributed by atoms with van der Waals surface area (Å²) in [6, 6.07) is 3.77. The van der Waals surface area contributed by atoms with Gasteiger partial charge in [-0.2, -0.15) is 13.2 Å². The number of anilines is 1. The zero-order valence-corrected chi connectivity index (χ0v) is 23.0. The lowest BCUT2D eigenvalue weighted by Gasteiger charge is -2.41. The number of nitrogens with zero attached hydrogens (tertiary/aromatic N) is 3. The highest BCUT2D eigenvalue weighted by atomic mass is 79.9. The summed E-state index contributed by atoms with van der Waals surface area (Å²) in [5.41, 5.74) is 6.73. The molecule has 4 fully saturated rings. The van der Waals surface area contributed by atoms with Gasteiger partial charge in [0.2, 0.25) is 17.7 Å². The fourth-order valence-electron chi connectivity index (χ4n) is 7.14. The maximum Gasteiger partial charge on any atom is 0.408 e. The molecule has 5 aliphatic heterocycles. The third-order valence-corrected chi connectivity index (χ3v) is 9.82. The number of hydrogen-bond donors (Lipinski definition) is 3. The molecule has 39 heavy (non-hydrogen) atoms. The van der Waals surface area contributed by atoms with Crippen molar-refractivity contribution >= 4 is 39.3 Å². The van der Waals surface area contributed by atoms with Gasteiger partial charge in [0.25, 0.3) is 0 Å². The number of carbonyl (C=O) groups is 3. The van der Waals surface area contributed by atoms with Crippen LogP contribution in [-0.4, -0.2) is 90.6 Å². The number of halogens is 4. The predicted molar refractivity (Wildman–Crippen MR) is 140 cm³/mol. The van der Waals surface area contributed by atoms with Crippen molar-refractivity contribution in [3.63, 3.8) is 0 Å². The number of hydrazine groups is 1. The Morgan fingerprint density at radius 2 is 1.85 bits per heavy atom. The Bertz CT molecular complexity index is 1170. The smallest absolute Gasteiger partial charge is 0.341 e. The Hall–Kier alpha value is -2.22. The molecule has 4 saturated heterocycles. The molecule has 0 aliphatic carbocycles. The number of nitrogens with one attached hydrogen (secondary N) is 3. The third-order valence-electron chi connectivity index (χ3n) is 9.16. The third kappa shape index (κ3) is 4.54. The first-order valence-electron chi connectivity index (χ1n) is 13.6. The fourth-order valence-corrected chi connectivity index (χ4v) is 7.88. The van der Waals surface area contributed by atoms with Crippen LogP contribution >= 0.6 is 15.9 Å². The largest absolute Gasteiger partial charge is 0.408 e. The van der Waals surface area contributed by atoms with E-state index in [0.717, 1.165) is 34.3 Å². The van der Waals surface area contributed by atoms with Crippen molar-refractivity contribution in [1.29, 1.82) is 0 Å². The molecule has 0 saturated carbocycles. The zero-order chi connectivity index (χ0) is 27.5. The van der Waals surface area contributed by atoms with Gasteiger partial charge in [0.05, 0.1) is 11.5 Å². The van der Waals surface area contributed by atoms with Gasteiger partial charge in [0.1, 0.15) is 12.6 Å². The molecule has 0 bridgehead atoms. The minimum atomic E-state index is -4.50. The Morgan fingerprint density at radius 1 is 1.08 bits per heavy atom. The van der Waals surface area contributed by atoms with Crippen molar-refractivity contribution in [2.75, 3.05) is 37.6 Å². The summed E-state index contributed by atoms with van der Waals surface area (Å²) in [5, 5.41) is 3.46. The van der Waals surface area contributed by atoms with Crippen molar-refractivity contribution in [1.82, 2.24) is 26.0 Å². The summed E-state index contributed by atoms with van der Waals surface area (Å²) < 4.78 is 41.3. The second-order valence-electron chi connectivity index (χ2n) is 11.3. The van der Waals surface area contributed by atoms with Crippen LogP contribution in [0, 0.1) is 0 Å². The van der Waals surface area contributed by atoms with E-state index in [0.29, 0.717) is 37.7 Å². The number of carbonyl (C=O) groups excluding carboxylic acids is 3. The quantitative estimate of drug-likeness (QED) is 0.482. The highest BCUT2D eigenvalue weighted by molar-refractivity contribution is 9.10. The number of amides is 3. The van der Waals surface area contributed by atoms with E-state index in [9.17, 15) is 27.6 Å². The van der Waals surface area contributed by atoms with Crippen LogP contribution in [0.1, 0.15) is 44.1 Å². The molecule has 5 heterocycles. The van der Waals surface area contributed by atoms with Crippen molar-refractivity contribution in [3.05, 3.63) is 28.2 Å². The van der Waals surface area contributed by atoms with E-state index in [2.05, 4.69) is 32.1 Å².